The Bertz CT molecular complexity index is 379. The monoisotopic (exact) mass is 279 g/mol. The summed E-state index contributed by atoms with van der Waals surface area (Å²) in [5.74, 6) is -0.713. The van der Waals surface area contributed by atoms with Crippen molar-refractivity contribution in [2.75, 3.05) is 0 Å². The summed E-state index contributed by atoms with van der Waals surface area (Å²) < 4.78 is 31.2. The smallest absolute Gasteiger partial charge is 0.324 e. The van der Waals surface area contributed by atoms with Gasteiger partial charge in [0, 0.05) is 0 Å². The maximum Gasteiger partial charge on any atom is 0.324 e. The van der Waals surface area contributed by atoms with Gasteiger partial charge in [-0.25, -0.2) is 13.1 Å². The molecule has 1 N–H and O–H groups in total. The second kappa shape index (κ2) is 6.02. The minimum Gasteiger partial charge on any atom is -0.459 e. The summed E-state index contributed by atoms with van der Waals surface area (Å²) in [4.78, 5) is 12.0. The molecule has 0 aromatic heterocycles. The molecule has 0 saturated carbocycles. The molecule has 5 nitrogen and oxygen atoms in total. The fourth-order valence-corrected chi connectivity index (χ4v) is 2.13. The van der Waals surface area contributed by atoms with Gasteiger partial charge in [0.05, 0.1) is 5.25 Å². The van der Waals surface area contributed by atoms with Crippen molar-refractivity contribution < 1.29 is 17.9 Å². The first-order valence-corrected chi connectivity index (χ1v) is 7.65. The molecule has 0 bridgehead atoms. The standard InChI is InChI=1S/C12H25NO4S/c1-8(2)10(11(14)17-12(5,6)7)13-18(15,16)9(3)4/h8-10,13H,1-7H3/t10-/m1/s1. The molecule has 0 radical (unpaired) electrons. The molecule has 1 atom stereocenters. The van der Waals surface area contributed by atoms with E-state index >= 15 is 0 Å². The summed E-state index contributed by atoms with van der Waals surface area (Å²) in [5, 5.41) is -0.582. The number of nitrogens with one attached hydrogen (secondary N) is 1. The molecule has 18 heavy (non-hydrogen) atoms. The van der Waals surface area contributed by atoms with Gasteiger partial charge in [0.2, 0.25) is 10.0 Å². The van der Waals surface area contributed by atoms with Crippen LogP contribution < -0.4 is 4.72 Å². The molecule has 0 heterocycles. The molecular weight excluding hydrogens is 254 g/mol. The fraction of sp³-hybridized carbons (Fsp3) is 0.917. The maximum atomic E-state index is 12.0. The van der Waals surface area contributed by atoms with E-state index in [1.165, 1.54) is 0 Å². The highest BCUT2D eigenvalue weighted by molar-refractivity contribution is 7.90. The van der Waals surface area contributed by atoms with Gasteiger partial charge >= 0.3 is 5.97 Å². The topological polar surface area (TPSA) is 72.5 Å². The highest BCUT2D eigenvalue weighted by Crippen LogP contribution is 2.13. The molecule has 0 amide bonds. The Labute approximate surface area is 110 Å². The molecule has 0 fully saturated rings. The van der Waals surface area contributed by atoms with Crippen LogP contribution in [0.3, 0.4) is 0 Å². The number of carbonyl (C=O) groups is 1. The van der Waals surface area contributed by atoms with Crippen LogP contribution in [0, 0.1) is 5.92 Å². The Hall–Kier alpha value is -0.620. The Morgan fingerprint density at radius 1 is 1.11 bits per heavy atom. The van der Waals surface area contributed by atoms with Crippen LogP contribution in [0.15, 0.2) is 0 Å². The van der Waals surface area contributed by atoms with Gasteiger partial charge in [0.1, 0.15) is 11.6 Å². The lowest BCUT2D eigenvalue weighted by Gasteiger charge is -2.26. The zero-order valence-corrected chi connectivity index (χ0v) is 13.1. The van der Waals surface area contributed by atoms with E-state index in [9.17, 15) is 13.2 Å². The zero-order valence-electron chi connectivity index (χ0n) is 12.3. The maximum absolute atomic E-state index is 12.0. The first-order chi connectivity index (χ1) is 7.87. The van der Waals surface area contributed by atoms with Gasteiger partial charge < -0.3 is 4.74 Å². The number of hydrogen-bond donors (Lipinski definition) is 1. The second-order valence-electron chi connectivity index (χ2n) is 5.97. The average molecular weight is 279 g/mol. The van der Waals surface area contributed by atoms with Crippen molar-refractivity contribution >= 4 is 16.0 Å². The molecular formula is C12H25NO4S. The summed E-state index contributed by atoms with van der Waals surface area (Å²) in [5.41, 5.74) is -0.631. The first kappa shape index (κ1) is 17.4. The minimum atomic E-state index is -3.49. The van der Waals surface area contributed by atoms with Crippen molar-refractivity contribution in [2.24, 2.45) is 5.92 Å². The van der Waals surface area contributed by atoms with Gasteiger partial charge in [-0.15, -0.1) is 0 Å². The van der Waals surface area contributed by atoms with Crippen LogP contribution in [0.4, 0.5) is 0 Å². The van der Waals surface area contributed by atoms with Crippen molar-refractivity contribution in [3.05, 3.63) is 0 Å². The summed E-state index contributed by atoms with van der Waals surface area (Å²) in [6.07, 6.45) is 0. The van der Waals surface area contributed by atoms with Gasteiger partial charge in [-0.05, 0) is 40.5 Å². The van der Waals surface area contributed by atoms with Crippen molar-refractivity contribution in [3.8, 4) is 0 Å². The summed E-state index contributed by atoms with van der Waals surface area (Å²) in [7, 11) is -3.49. The number of esters is 1. The Morgan fingerprint density at radius 2 is 1.56 bits per heavy atom. The molecule has 6 heteroatoms. The summed E-state index contributed by atoms with van der Waals surface area (Å²) >= 11 is 0. The number of rotatable bonds is 5. The van der Waals surface area contributed by atoms with Crippen molar-refractivity contribution in [2.45, 2.75) is 65.4 Å². The van der Waals surface area contributed by atoms with Crippen molar-refractivity contribution in [3.63, 3.8) is 0 Å². The van der Waals surface area contributed by atoms with Crippen LogP contribution in [0.2, 0.25) is 0 Å². The van der Waals surface area contributed by atoms with Gasteiger partial charge in [0.25, 0.3) is 0 Å². The van der Waals surface area contributed by atoms with Crippen LogP contribution >= 0.6 is 0 Å². The van der Waals surface area contributed by atoms with E-state index in [2.05, 4.69) is 4.72 Å². The van der Waals surface area contributed by atoms with Crippen molar-refractivity contribution in [1.82, 2.24) is 4.72 Å². The van der Waals surface area contributed by atoms with Crippen LogP contribution in [-0.2, 0) is 19.6 Å². The van der Waals surface area contributed by atoms with E-state index in [-0.39, 0.29) is 5.92 Å². The highest BCUT2D eigenvalue weighted by Gasteiger charge is 2.32. The number of ether oxygens (including phenoxy) is 1. The van der Waals surface area contributed by atoms with Crippen LogP contribution in [0.1, 0.15) is 48.5 Å². The quantitative estimate of drug-likeness (QED) is 0.777. The second-order valence-corrected chi connectivity index (χ2v) is 8.24. The predicted molar refractivity (Wildman–Crippen MR) is 71.7 cm³/mol. The molecule has 0 aliphatic rings. The Kier molecular flexibility index (Phi) is 5.81. The molecule has 0 aromatic carbocycles. The lowest BCUT2D eigenvalue weighted by atomic mass is 10.1. The molecule has 0 unspecified atom stereocenters. The minimum absolute atomic E-state index is 0.173. The number of sulfonamides is 1. The van der Waals surface area contributed by atoms with Crippen molar-refractivity contribution in [1.29, 1.82) is 0 Å². The van der Waals surface area contributed by atoms with Gasteiger partial charge in [-0.3, -0.25) is 4.79 Å². The van der Waals surface area contributed by atoms with E-state index < -0.39 is 32.9 Å². The normalized spacial score (nSPS) is 14.9. The third kappa shape index (κ3) is 5.82. The Morgan fingerprint density at radius 3 is 1.83 bits per heavy atom. The van der Waals surface area contributed by atoms with Gasteiger partial charge in [0.15, 0.2) is 0 Å². The Balaban J connectivity index is 4.96. The number of hydrogen-bond acceptors (Lipinski definition) is 4. The van der Waals surface area contributed by atoms with Gasteiger partial charge in [-0.1, -0.05) is 13.8 Å². The molecule has 0 spiro atoms. The van der Waals surface area contributed by atoms with E-state index in [1.807, 2.05) is 0 Å². The highest BCUT2D eigenvalue weighted by atomic mass is 32.2. The third-order valence-electron chi connectivity index (χ3n) is 2.24. The van der Waals surface area contributed by atoms with E-state index in [4.69, 9.17) is 4.74 Å². The lowest BCUT2D eigenvalue weighted by molar-refractivity contribution is -0.158. The molecule has 108 valence electrons. The largest absolute Gasteiger partial charge is 0.459 e. The van der Waals surface area contributed by atoms with E-state index in [0.717, 1.165) is 0 Å². The van der Waals surface area contributed by atoms with E-state index in [1.54, 1.807) is 48.5 Å². The summed E-state index contributed by atoms with van der Waals surface area (Å²) in [6.45, 7) is 11.9. The number of carbonyl (C=O) groups excluding carboxylic acids is 1. The van der Waals surface area contributed by atoms with E-state index in [0.29, 0.717) is 0 Å². The molecule has 0 rings (SSSR count). The predicted octanol–water partition coefficient (Wildman–Crippen LogP) is 1.68. The van der Waals surface area contributed by atoms with Crippen LogP contribution in [0.5, 0.6) is 0 Å². The molecule has 0 aliphatic carbocycles. The molecule has 0 aromatic rings. The van der Waals surface area contributed by atoms with Crippen LogP contribution in [-0.4, -0.2) is 31.3 Å². The first-order valence-electron chi connectivity index (χ1n) is 6.11. The average Bonchev–Trinajstić information content (AvgIpc) is 2.10. The SMILES string of the molecule is CC(C)[C@@H](NS(=O)(=O)C(C)C)C(=O)OC(C)(C)C. The summed E-state index contributed by atoms with van der Waals surface area (Å²) in [6, 6.07) is -0.850. The molecule has 0 aliphatic heterocycles. The van der Waals surface area contributed by atoms with Gasteiger partial charge in [-0.2, -0.15) is 0 Å². The van der Waals surface area contributed by atoms with Crippen LogP contribution in [0.25, 0.3) is 0 Å². The fourth-order valence-electron chi connectivity index (χ4n) is 1.13. The lowest BCUT2D eigenvalue weighted by Crippen LogP contribution is -2.49. The zero-order chi connectivity index (χ0) is 14.7. The molecule has 0 saturated heterocycles. The third-order valence-corrected chi connectivity index (χ3v) is 4.06.